The van der Waals surface area contributed by atoms with E-state index in [1.54, 1.807) is 0 Å². The molecule has 1 aromatic heterocycles. The molecule has 0 aliphatic heterocycles. The molecule has 0 saturated heterocycles. The van der Waals surface area contributed by atoms with Gasteiger partial charge in [-0.05, 0) is 0 Å². The maximum absolute atomic E-state index is 2.85. The van der Waals surface area contributed by atoms with Crippen LogP contribution in [-0.2, 0) is 0 Å². The van der Waals surface area contributed by atoms with Gasteiger partial charge in [-0.15, -0.1) is 0 Å². The first-order valence-electron chi connectivity index (χ1n) is 9.27. The van der Waals surface area contributed by atoms with E-state index < -0.39 is 6.29 Å². The third-order valence-electron chi connectivity index (χ3n) is 5.50. The molecule has 0 atom stereocenters. The summed E-state index contributed by atoms with van der Waals surface area (Å²) in [7, 11) is 4.19. The monoisotopic (exact) mass is 434 g/mol. The zero-order valence-corrected chi connectivity index (χ0v) is 18.7. The van der Waals surface area contributed by atoms with Crippen molar-refractivity contribution in [2.45, 2.75) is 0 Å². The van der Waals surface area contributed by atoms with Gasteiger partial charge in [0, 0.05) is 0 Å². The normalized spacial score (nSPS) is 13.1. The second kappa shape index (κ2) is 7.14. The van der Waals surface area contributed by atoms with E-state index in [2.05, 4.69) is 141 Å². The quantitative estimate of drug-likeness (QED) is 0.221. The van der Waals surface area contributed by atoms with Crippen molar-refractivity contribution in [2.24, 2.45) is 0 Å². The third kappa shape index (κ3) is 2.39. The molecule has 0 aliphatic carbocycles. The Morgan fingerprint density at radius 1 is 0.393 bits per heavy atom. The molecule has 138 valence electrons. The first kappa shape index (κ1) is 18.1. The average molecular weight is 435 g/mol. The number of hydrogen-bond acceptors (Lipinski definition) is 2. The van der Waals surface area contributed by atoms with Gasteiger partial charge in [-0.1, -0.05) is 0 Å². The first-order chi connectivity index (χ1) is 13.9. The summed E-state index contributed by atoms with van der Waals surface area (Å²) in [5, 5.41) is 5.89. The molecule has 0 radical (unpaired) electrons. The summed E-state index contributed by atoms with van der Waals surface area (Å²) in [6.45, 7) is 0. The summed E-state index contributed by atoms with van der Waals surface area (Å²) in [4.78, 5) is 0. The van der Waals surface area contributed by atoms with E-state index in [0.717, 1.165) is 0 Å². The zero-order chi connectivity index (χ0) is 18.9. The van der Waals surface area contributed by atoms with E-state index in [-0.39, 0.29) is 5.58 Å². The first-order valence-corrected chi connectivity index (χ1v) is 16.9. The second-order valence-corrected chi connectivity index (χ2v) is 23.5. The molecule has 5 aromatic rings. The van der Waals surface area contributed by atoms with Crippen LogP contribution >= 0.6 is 31.8 Å². The van der Waals surface area contributed by atoms with Crippen LogP contribution in [0.5, 0.6) is 0 Å². The predicted octanol–water partition coefficient (Wildman–Crippen LogP) is 6.41. The van der Waals surface area contributed by atoms with Crippen molar-refractivity contribution in [3.05, 3.63) is 121 Å². The molecule has 5 rings (SSSR count). The molecule has 28 heavy (non-hydrogen) atoms. The van der Waals surface area contributed by atoms with Crippen molar-refractivity contribution < 1.29 is 0 Å². The molecule has 0 aliphatic rings. The Morgan fingerprint density at radius 3 is 0.857 bits per heavy atom. The number of benzene rings is 4. The molecule has 0 amide bonds. The molecular formula is C24H20P2S2. The Labute approximate surface area is 173 Å². The van der Waals surface area contributed by atoms with Gasteiger partial charge >= 0.3 is 174 Å². The molecule has 4 aromatic carbocycles. The summed E-state index contributed by atoms with van der Waals surface area (Å²) < 4.78 is 0. The van der Waals surface area contributed by atoms with Crippen molar-refractivity contribution in [2.75, 3.05) is 0 Å². The van der Waals surface area contributed by atoms with Crippen molar-refractivity contribution in [1.29, 1.82) is 0 Å². The molecule has 0 saturated carbocycles. The summed E-state index contributed by atoms with van der Waals surface area (Å²) in [5.74, 6) is 0. The van der Waals surface area contributed by atoms with Gasteiger partial charge in [-0.25, -0.2) is 0 Å². The van der Waals surface area contributed by atoms with Crippen LogP contribution < -0.4 is 21.2 Å². The maximum atomic E-state index is 2.37. The molecule has 0 N–H and O–H groups in total. The molecule has 0 spiro atoms. The molecule has 0 bridgehead atoms. The molecule has 0 unspecified atom stereocenters. The minimum absolute atomic E-state index is 0.324. The van der Waals surface area contributed by atoms with Crippen LogP contribution in [0.15, 0.2) is 121 Å². The molecule has 0 nitrogen and oxygen atoms in total. The van der Waals surface area contributed by atoms with Gasteiger partial charge in [0.1, 0.15) is 0 Å². The van der Waals surface area contributed by atoms with Crippen molar-refractivity contribution in [1.82, 2.24) is 0 Å². The van der Waals surface area contributed by atoms with Gasteiger partial charge < -0.3 is 0 Å². The van der Waals surface area contributed by atoms with Crippen LogP contribution in [-0.4, -0.2) is 0 Å². The van der Waals surface area contributed by atoms with Crippen molar-refractivity contribution in [3.8, 4) is 0 Å². The fourth-order valence-corrected chi connectivity index (χ4v) is 34.8. The van der Waals surface area contributed by atoms with Crippen LogP contribution in [0.25, 0.3) is 0 Å². The Bertz CT molecular complexity index is 979. The van der Waals surface area contributed by atoms with Gasteiger partial charge in [-0.3, -0.25) is 0 Å². The summed E-state index contributed by atoms with van der Waals surface area (Å²) in [6.07, 6.45) is -2.85. The Hall–Kier alpha value is -1.95. The van der Waals surface area contributed by atoms with Gasteiger partial charge in [0.15, 0.2) is 0 Å². The molecule has 4 heteroatoms. The fraction of sp³-hybridized carbons (Fsp3) is 0. The van der Waals surface area contributed by atoms with Crippen LogP contribution in [0.3, 0.4) is 0 Å². The van der Waals surface area contributed by atoms with Gasteiger partial charge in [0.25, 0.3) is 0 Å². The van der Waals surface area contributed by atoms with Crippen molar-refractivity contribution >= 4 is 53.0 Å². The second-order valence-electron chi connectivity index (χ2n) is 6.80. The summed E-state index contributed by atoms with van der Waals surface area (Å²) >= 11 is 0. The Kier molecular flexibility index (Phi) is 4.62. The topological polar surface area (TPSA) is 0 Å². The van der Waals surface area contributed by atoms with E-state index >= 15 is 0 Å². The SMILES string of the molecule is c1ccc(P(c2ccccc2)(c2ccccc2)(c2ccccc2)p2ss2)cc1. The standard InChI is InChI=1S/C24H20P2S2/c1-5-13-21(14-6-1)26(25-27-28-25,22-15-7-2-8-16-22,23-17-9-3-10-18-23)24-19-11-4-12-20-24/h1-20H. The van der Waals surface area contributed by atoms with E-state index in [9.17, 15) is 0 Å². The average Bonchev–Trinajstić information content (AvgIpc) is 3.64. The van der Waals surface area contributed by atoms with Gasteiger partial charge in [0.05, 0.1) is 0 Å². The van der Waals surface area contributed by atoms with Gasteiger partial charge in [-0.2, -0.15) is 0 Å². The summed E-state index contributed by atoms with van der Waals surface area (Å²) in [5.41, 5.74) is -0.324. The van der Waals surface area contributed by atoms with Crippen molar-refractivity contribution in [3.63, 3.8) is 0 Å². The van der Waals surface area contributed by atoms with Crippen LogP contribution in [0.4, 0.5) is 0 Å². The van der Waals surface area contributed by atoms with E-state index in [1.165, 1.54) is 21.2 Å². The van der Waals surface area contributed by atoms with Crippen LogP contribution in [0, 0.1) is 0 Å². The Morgan fingerprint density at radius 2 is 0.643 bits per heavy atom. The molecule has 0 fully saturated rings. The third-order valence-corrected chi connectivity index (χ3v) is 29.3. The van der Waals surface area contributed by atoms with Gasteiger partial charge in [0.2, 0.25) is 0 Å². The van der Waals surface area contributed by atoms with E-state index in [0.29, 0.717) is 0 Å². The summed E-state index contributed by atoms with van der Waals surface area (Å²) in [6, 6.07) is 45.1. The zero-order valence-electron chi connectivity index (χ0n) is 15.3. The van der Waals surface area contributed by atoms with Crippen LogP contribution in [0.1, 0.15) is 0 Å². The fourth-order valence-electron chi connectivity index (χ4n) is 4.29. The molecule has 1 heterocycles. The predicted molar refractivity (Wildman–Crippen MR) is 132 cm³/mol. The number of rotatable bonds is 5. The minimum atomic E-state index is -2.85. The van der Waals surface area contributed by atoms with Crippen LogP contribution in [0.2, 0.25) is 0 Å². The number of hydrogen-bond donors (Lipinski definition) is 0. The Balaban J connectivity index is 2.08. The van der Waals surface area contributed by atoms with E-state index in [1.807, 2.05) is 0 Å². The molecular weight excluding hydrogens is 414 g/mol. The van der Waals surface area contributed by atoms with E-state index in [4.69, 9.17) is 0 Å².